The summed E-state index contributed by atoms with van der Waals surface area (Å²) >= 11 is 24.7. The van der Waals surface area contributed by atoms with Gasteiger partial charge in [-0.2, -0.15) is 0 Å². The van der Waals surface area contributed by atoms with Gasteiger partial charge >= 0.3 is 6.09 Å². The van der Waals surface area contributed by atoms with E-state index in [2.05, 4.69) is 10.5 Å². The lowest BCUT2D eigenvalue weighted by molar-refractivity contribution is -0.123. The molecule has 1 atom stereocenters. The van der Waals surface area contributed by atoms with E-state index in [0.29, 0.717) is 38.3 Å². The van der Waals surface area contributed by atoms with Gasteiger partial charge in [-0.15, -0.1) is 0 Å². The molecule has 2 aromatic carbocycles. The van der Waals surface area contributed by atoms with E-state index in [1.165, 1.54) is 16.8 Å². The number of hydrogen-bond donors (Lipinski definition) is 1. The highest BCUT2D eigenvalue weighted by atomic mass is 35.5. The second-order valence-electron chi connectivity index (χ2n) is 11.2. The van der Waals surface area contributed by atoms with Crippen LogP contribution in [0.4, 0.5) is 10.5 Å². The Morgan fingerprint density at radius 2 is 1.65 bits per heavy atom. The summed E-state index contributed by atoms with van der Waals surface area (Å²) in [6, 6.07) is 13.3. The molecule has 0 saturated heterocycles. The van der Waals surface area contributed by atoms with Gasteiger partial charge in [-0.05, 0) is 51.0 Å². The van der Waals surface area contributed by atoms with Gasteiger partial charge in [-0.1, -0.05) is 83.6 Å². The van der Waals surface area contributed by atoms with Crippen LogP contribution in [0.5, 0.6) is 0 Å². The lowest BCUT2D eigenvalue weighted by Crippen LogP contribution is -2.52. The van der Waals surface area contributed by atoms with Crippen molar-refractivity contribution in [3.63, 3.8) is 0 Å². The first-order valence-corrected chi connectivity index (χ1v) is 15.0. The Morgan fingerprint density at radius 3 is 2.23 bits per heavy atom. The standard InChI is InChI=1S/C30H34Cl4N4O5/c1-17(2)23(35-25(39)16-37(6)29(41)42-30(3,4)5)15-38(28(40)27(33)34)19-10-7-9-18(13-19)24-14-22(36-43-24)26-20(31)11-8-12-21(26)32/h7-14,17,23,27H,15-16H2,1-6H3,(H,35,39)/t23-/m1/s1. The first-order chi connectivity index (χ1) is 20.1. The highest BCUT2D eigenvalue weighted by Crippen LogP contribution is 2.36. The zero-order valence-electron chi connectivity index (χ0n) is 24.7. The number of nitrogens with one attached hydrogen (secondary N) is 1. The Bertz CT molecular complexity index is 1430. The quantitative estimate of drug-likeness (QED) is 0.224. The van der Waals surface area contributed by atoms with Gasteiger partial charge in [-0.3, -0.25) is 9.59 Å². The minimum Gasteiger partial charge on any atom is -0.444 e. The van der Waals surface area contributed by atoms with Crippen LogP contribution < -0.4 is 10.2 Å². The van der Waals surface area contributed by atoms with Crippen LogP contribution in [0.15, 0.2) is 53.1 Å². The second-order valence-corrected chi connectivity index (χ2v) is 13.1. The molecule has 232 valence electrons. The number of hydrogen-bond acceptors (Lipinski definition) is 6. The van der Waals surface area contributed by atoms with E-state index >= 15 is 0 Å². The highest BCUT2D eigenvalue weighted by Gasteiger charge is 2.29. The van der Waals surface area contributed by atoms with Crippen LogP contribution in [0.25, 0.3) is 22.6 Å². The minimum atomic E-state index is -1.36. The molecule has 9 nitrogen and oxygen atoms in total. The van der Waals surface area contributed by atoms with E-state index in [-0.39, 0.29) is 19.0 Å². The summed E-state index contributed by atoms with van der Waals surface area (Å²) in [4.78, 5) is 39.7. The fraction of sp³-hybridized carbons (Fsp3) is 0.400. The van der Waals surface area contributed by atoms with E-state index < -0.39 is 34.4 Å². The zero-order valence-corrected chi connectivity index (χ0v) is 27.7. The van der Waals surface area contributed by atoms with Crippen molar-refractivity contribution in [1.29, 1.82) is 0 Å². The number of halogens is 4. The number of alkyl halides is 2. The van der Waals surface area contributed by atoms with E-state index in [0.717, 1.165) is 0 Å². The number of anilines is 1. The van der Waals surface area contributed by atoms with Gasteiger partial charge in [0.05, 0.1) is 10.0 Å². The topological polar surface area (TPSA) is 105 Å². The normalized spacial score (nSPS) is 12.3. The number of benzene rings is 2. The smallest absolute Gasteiger partial charge is 0.410 e. The van der Waals surface area contributed by atoms with Gasteiger partial charge in [0.2, 0.25) is 5.91 Å². The van der Waals surface area contributed by atoms with Crippen molar-refractivity contribution in [1.82, 2.24) is 15.4 Å². The molecule has 0 radical (unpaired) electrons. The second kappa shape index (κ2) is 14.7. The average Bonchev–Trinajstić information content (AvgIpc) is 3.39. The molecule has 13 heteroatoms. The van der Waals surface area contributed by atoms with Crippen LogP contribution in [0, 0.1) is 5.92 Å². The number of aromatic nitrogens is 1. The van der Waals surface area contributed by atoms with Gasteiger partial charge in [0, 0.05) is 42.5 Å². The molecule has 0 spiro atoms. The maximum Gasteiger partial charge on any atom is 0.410 e. The number of rotatable bonds is 10. The van der Waals surface area contributed by atoms with E-state index in [1.54, 1.807) is 69.3 Å². The Kier molecular flexibility index (Phi) is 11.8. The SMILES string of the molecule is CC(C)[C@@H](CN(C(=O)C(Cl)Cl)c1cccc(-c2cc(-c3c(Cl)cccc3Cl)no2)c1)NC(=O)CN(C)C(=O)OC(C)(C)C. The first kappa shape index (κ1) is 34.5. The summed E-state index contributed by atoms with van der Waals surface area (Å²) in [6.07, 6.45) is -0.628. The summed E-state index contributed by atoms with van der Waals surface area (Å²) < 4.78 is 10.9. The molecule has 3 rings (SSSR count). The summed E-state index contributed by atoms with van der Waals surface area (Å²) in [5, 5.41) is 7.89. The predicted octanol–water partition coefficient (Wildman–Crippen LogP) is 7.46. The van der Waals surface area contributed by atoms with Gasteiger partial charge in [0.15, 0.2) is 10.6 Å². The summed E-state index contributed by atoms with van der Waals surface area (Å²) in [5.41, 5.74) is 1.36. The van der Waals surface area contributed by atoms with Gasteiger partial charge in [0.1, 0.15) is 17.8 Å². The van der Waals surface area contributed by atoms with Crippen molar-refractivity contribution in [3.8, 4) is 22.6 Å². The molecule has 0 saturated carbocycles. The molecule has 3 amide bonds. The molecule has 1 heterocycles. The average molecular weight is 672 g/mol. The molecule has 1 N–H and O–H groups in total. The Labute approximate surface area is 271 Å². The largest absolute Gasteiger partial charge is 0.444 e. The predicted molar refractivity (Wildman–Crippen MR) is 171 cm³/mol. The molecule has 0 aliphatic heterocycles. The monoisotopic (exact) mass is 670 g/mol. The summed E-state index contributed by atoms with van der Waals surface area (Å²) in [7, 11) is 1.47. The number of nitrogens with zero attached hydrogens (tertiary/aromatic N) is 3. The van der Waals surface area contributed by atoms with Crippen LogP contribution in [0.2, 0.25) is 10.0 Å². The van der Waals surface area contributed by atoms with Crippen molar-refractivity contribution in [2.45, 2.75) is 51.1 Å². The van der Waals surface area contributed by atoms with E-state index in [1.807, 2.05) is 13.8 Å². The summed E-state index contributed by atoms with van der Waals surface area (Å²) in [6.45, 7) is 8.83. The fourth-order valence-corrected chi connectivity index (χ4v) is 4.86. The molecule has 3 aromatic rings. The third kappa shape index (κ3) is 9.50. The third-order valence-electron chi connectivity index (χ3n) is 6.24. The van der Waals surface area contributed by atoms with Crippen LogP contribution in [-0.2, 0) is 14.3 Å². The highest BCUT2D eigenvalue weighted by molar-refractivity contribution is 6.54. The van der Waals surface area contributed by atoms with E-state index in [4.69, 9.17) is 55.7 Å². The van der Waals surface area contributed by atoms with Crippen molar-refractivity contribution in [3.05, 3.63) is 58.6 Å². The number of carbonyl (C=O) groups excluding carboxylic acids is 3. The fourth-order valence-electron chi connectivity index (χ4n) is 4.03. The molecule has 0 aliphatic rings. The molecule has 1 aromatic heterocycles. The molecular formula is C30H34Cl4N4O5. The van der Waals surface area contributed by atoms with Crippen molar-refractivity contribution < 1.29 is 23.6 Å². The van der Waals surface area contributed by atoms with E-state index in [9.17, 15) is 14.4 Å². The zero-order chi connectivity index (χ0) is 32.1. The number of carbonyl (C=O) groups is 3. The maximum absolute atomic E-state index is 13.2. The van der Waals surface area contributed by atoms with Crippen molar-refractivity contribution in [2.75, 3.05) is 25.0 Å². The number of ether oxygens (including phenoxy) is 1. The Morgan fingerprint density at radius 1 is 1.02 bits per heavy atom. The lowest BCUT2D eigenvalue weighted by Gasteiger charge is -2.31. The third-order valence-corrected chi connectivity index (χ3v) is 7.24. The van der Waals surface area contributed by atoms with Crippen LogP contribution >= 0.6 is 46.4 Å². The van der Waals surface area contributed by atoms with Gasteiger partial charge in [0.25, 0.3) is 5.91 Å². The summed E-state index contributed by atoms with van der Waals surface area (Å²) in [5.74, 6) is -0.690. The van der Waals surface area contributed by atoms with Crippen molar-refractivity contribution in [2.24, 2.45) is 5.92 Å². The lowest BCUT2D eigenvalue weighted by atomic mass is 10.0. The molecule has 0 aliphatic carbocycles. The minimum absolute atomic E-state index is 0.0503. The van der Waals surface area contributed by atoms with Crippen LogP contribution in [0.1, 0.15) is 34.6 Å². The molecule has 0 fully saturated rings. The first-order valence-electron chi connectivity index (χ1n) is 13.4. The molecule has 0 unspecified atom stereocenters. The van der Waals surface area contributed by atoms with Gasteiger partial charge in [-0.25, -0.2) is 4.79 Å². The molecule has 0 bridgehead atoms. The van der Waals surface area contributed by atoms with Gasteiger partial charge < -0.3 is 24.4 Å². The Hall–Kier alpha value is -2.98. The van der Waals surface area contributed by atoms with Crippen LogP contribution in [-0.4, -0.2) is 64.6 Å². The van der Waals surface area contributed by atoms with Crippen molar-refractivity contribution >= 4 is 70.0 Å². The van der Waals surface area contributed by atoms with Crippen LogP contribution in [0.3, 0.4) is 0 Å². The number of likely N-dealkylation sites (N-methyl/N-ethyl adjacent to an activating group) is 1. The molecule has 43 heavy (non-hydrogen) atoms. The molecular weight excluding hydrogens is 638 g/mol. The Balaban J connectivity index is 1.85. The maximum atomic E-state index is 13.2. The number of amides is 3.